The van der Waals surface area contributed by atoms with Crippen LogP contribution in [0.25, 0.3) is 0 Å². The van der Waals surface area contributed by atoms with Gasteiger partial charge in [0.15, 0.2) is 0 Å². The van der Waals surface area contributed by atoms with Gasteiger partial charge >= 0.3 is 0 Å². The van der Waals surface area contributed by atoms with E-state index >= 15 is 0 Å². The van der Waals surface area contributed by atoms with Gasteiger partial charge in [0.05, 0.1) is 12.2 Å². The first-order valence-corrected chi connectivity index (χ1v) is 7.85. The Bertz CT molecular complexity index is 335. The summed E-state index contributed by atoms with van der Waals surface area (Å²) in [7, 11) is 0. The highest BCUT2D eigenvalue weighted by molar-refractivity contribution is 4.95. The van der Waals surface area contributed by atoms with E-state index in [9.17, 15) is 8.78 Å². The summed E-state index contributed by atoms with van der Waals surface area (Å²) >= 11 is 0. The van der Waals surface area contributed by atoms with Crippen LogP contribution in [-0.2, 0) is 9.47 Å². The Kier molecular flexibility index (Phi) is 4.04. The minimum absolute atomic E-state index is 0.00282. The number of hydrogen-bond donors (Lipinski definition) is 1. The molecule has 1 aliphatic carbocycles. The molecule has 0 radical (unpaired) electrons. The molecule has 3 atom stereocenters. The van der Waals surface area contributed by atoms with E-state index in [1.165, 1.54) is 0 Å². The molecule has 2 saturated heterocycles. The molecule has 1 spiro atoms. The lowest BCUT2D eigenvalue weighted by atomic mass is 9.73. The minimum atomic E-state index is -2.47. The normalized spacial score (nSPS) is 40.0. The second-order valence-corrected chi connectivity index (χ2v) is 6.86. The molecule has 1 saturated carbocycles. The maximum atomic E-state index is 13.2. The third-order valence-corrected chi connectivity index (χ3v) is 5.45. The number of halogens is 2. The van der Waals surface area contributed by atoms with E-state index in [1.807, 2.05) is 0 Å². The Hall–Kier alpha value is -0.260. The molecular formula is C15H25F2NO2. The van der Waals surface area contributed by atoms with Gasteiger partial charge in [0, 0.05) is 38.5 Å². The van der Waals surface area contributed by atoms with Gasteiger partial charge in [-0.25, -0.2) is 8.78 Å². The van der Waals surface area contributed by atoms with Crippen molar-refractivity contribution in [2.75, 3.05) is 19.8 Å². The molecule has 116 valence electrons. The van der Waals surface area contributed by atoms with E-state index in [2.05, 4.69) is 0 Å². The van der Waals surface area contributed by atoms with E-state index in [0.29, 0.717) is 25.4 Å². The second-order valence-electron chi connectivity index (χ2n) is 6.86. The number of hydrogen-bond acceptors (Lipinski definition) is 3. The van der Waals surface area contributed by atoms with Crippen molar-refractivity contribution in [3.63, 3.8) is 0 Å². The largest absolute Gasteiger partial charge is 0.378 e. The van der Waals surface area contributed by atoms with Crippen LogP contribution in [-0.4, -0.2) is 37.4 Å². The summed E-state index contributed by atoms with van der Waals surface area (Å²) in [6.07, 6.45) is 3.96. The first-order valence-electron chi connectivity index (χ1n) is 7.85. The van der Waals surface area contributed by atoms with Gasteiger partial charge in [-0.05, 0) is 37.5 Å². The SMILES string of the molecule is NC(C1CCC(F)(F)CC1)C1CCOC2(CCOC2)C1. The second kappa shape index (κ2) is 5.50. The van der Waals surface area contributed by atoms with Crippen LogP contribution in [0.1, 0.15) is 44.9 Å². The van der Waals surface area contributed by atoms with Crippen molar-refractivity contribution in [3.8, 4) is 0 Å². The maximum Gasteiger partial charge on any atom is 0.248 e. The monoisotopic (exact) mass is 289 g/mol. The average Bonchev–Trinajstić information content (AvgIpc) is 2.86. The molecule has 3 unspecified atom stereocenters. The van der Waals surface area contributed by atoms with Crippen molar-refractivity contribution in [3.05, 3.63) is 0 Å². The molecule has 0 aromatic heterocycles. The van der Waals surface area contributed by atoms with Crippen molar-refractivity contribution in [2.45, 2.75) is 62.5 Å². The zero-order chi connectivity index (χ0) is 14.2. The van der Waals surface area contributed by atoms with Crippen LogP contribution < -0.4 is 5.73 Å². The quantitative estimate of drug-likeness (QED) is 0.850. The predicted octanol–water partition coefficient (Wildman–Crippen LogP) is 2.72. The van der Waals surface area contributed by atoms with Gasteiger partial charge in [-0.3, -0.25) is 0 Å². The van der Waals surface area contributed by atoms with Crippen LogP contribution in [0.3, 0.4) is 0 Å². The van der Waals surface area contributed by atoms with Gasteiger partial charge in [-0.1, -0.05) is 0 Å². The molecule has 20 heavy (non-hydrogen) atoms. The van der Waals surface area contributed by atoms with Crippen molar-refractivity contribution in [2.24, 2.45) is 17.6 Å². The maximum absolute atomic E-state index is 13.2. The fourth-order valence-corrected chi connectivity index (χ4v) is 4.09. The number of nitrogens with two attached hydrogens (primary N) is 1. The summed E-state index contributed by atoms with van der Waals surface area (Å²) in [4.78, 5) is 0. The van der Waals surface area contributed by atoms with E-state index in [0.717, 1.165) is 32.5 Å². The van der Waals surface area contributed by atoms with Crippen molar-refractivity contribution in [1.82, 2.24) is 0 Å². The predicted molar refractivity (Wildman–Crippen MR) is 71.7 cm³/mol. The van der Waals surface area contributed by atoms with Crippen LogP contribution in [0.5, 0.6) is 0 Å². The van der Waals surface area contributed by atoms with E-state index in [1.54, 1.807) is 0 Å². The highest BCUT2D eigenvalue weighted by Gasteiger charge is 2.45. The highest BCUT2D eigenvalue weighted by atomic mass is 19.3. The van der Waals surface area contributed by atoms with Crippen LogP contribution in [0.15, 0.2) is 0 Å². The molecule has 5 heteroatoms. The lowest BCUT2D eigenvalue weighted by molar-refractivity contribution is -0.107. The van der Waals surface area contributed by atoms with Crippen LogP contribution in [0.4, 0.5) is 8.78 Å². The third-order valence-electron chi connectivity index (χ3n) is 5.45. The van der Waals surface area contributed by atoms with Crippen LogP contribution in [0.2, 0.25) is 0 Å². The van der Waals surface area contributed by atoms with Crippen molar-refractivity contribution in [1.29, 1.82) is 0 Å². The van der Waals surface area contributed by atoms with Crippen molar-refractivity contribution >= 4 is 0 Å². The van der Waals surface area contributed by atoms with E-state index < -0.39 is 5.92 Å². The van der Waals surface area contributed by atoms with Crippen molar-refractivity contribution < 1.29 is 18.3 Å². The lowest BCUT2D eigenvalue weighted by Gasteiger charge is -2.42. The number of alkyl halides is 2. The van der Waals surface area contributed by atoms with Crippen LogP contribution >= 0.6 is 0 Å². The summed E-state index contributed by atoms with van der Waals surface area (Å²) < 4.78 is 37.9. The Morgan fingerprint density at radius 3 is 2.40 bits per heavy atom. The Morgan fingerprint density at radius 2 is 1.75 bits per heavy atom. The molecule has 2 heterocycles. The summed E-state index contributed by atoms with van der Waals surface area (Å²) in [5, 5.41) is 0. The van der Waals surface area contributed by atoms with Gasteiger partial charge in [-0.15, -0.1) is 0 Å². The van der Waals surface area contributed by atoms with Gasteiger partial charge < -0.3 is 15.2 Å². The molecule has 0 bridgehead atoms. The molecule has 0 aromatic rings. The van der Waals surface area contributed by atoms with E-state index in [-0.39, 0.29) is 30.4 Å². The third kappa shape index (κ3) is 3.00. The average molecular weight is 289 g/mol. The molecule has 3 rings (SSSR count). The Balaban J connectivity index is 1.58. The molecule has 2 aliphatic heterocycles. The zero-order valence-electron chi connectivity index (χ0n) is 12.0. The molecule has 3 nitrogen and oxygen atoms in total. The number of ether oxygens (including phenoxy) is 2. The van der Waals surface area contributed by atoms with E-state index in [4.69, 9.17) is 15.2 Å². The molecule has 0 amide bonds. The summed E-state index contributed by atoms with van der Waals surface area (Å²) in [6.45, 7) is 2.15. The fraction of sp³-hybridized carbons (Fsp3) is 1.00. The van der Waals surface area contributed by atoms with Gasteiger partial charge in [0.1, 0.15) is 0 Å². The number of rotatable bonds is 2. The molecule has 0 aromatic carbocycles. The fourth-order valence-electron chi connectivity index (χ4n) is 4.09. The van der Waals surface area contributed by atoms with Gasteiger partial charge in [-0.2, -0.15) is 0 Å². The van der Waals surface area contributed by atoms with Crippen LogP contribution in [0, 0.1) is 11.8 Å². The Morgan fingerprint density at radius 1 is 1.00 bits per heavy atom. The summed E-state index contributed by atoms with van der Waals surface area (Å²) in [6, 6.07) is 0.0347. The minimum Gasteiger partial charge on any atom is -0.378 e. The molecule has 2 N–H and O–H groups in total. The highest BCUT2D eigenvalue weighted by Crippen LogP contribution is 2.42. The first kappa shape index (κ1) is 14.7. The molecule has 3 aliphatic rings. The topological polar surface area (TPSA) is 44.5 Å². The molecule has 3 fully saturated rings. The summed E-state index contributed by atoms with van der Waals surface area (Å²) in [5.41, 5.74) is 6.28. The molecular weight excluding hydrogens is 264 g/mol. The zero-order valence-corrected chi connectivity index (χ0v) is 12.0. The summed E-state index contributed by atoms with van der Waals surface area (Å²) in [5.74, 6) is -1.83. The lowest BCUT2D eigenvalue weighted by Crippen LogP contribution is -2.49. The standard InChI is InChI=1S/C15H25F2NO2/c16-15(17)4-1-11(2-5-15)13(18)12-3-7-20-14(9-12)6-8-19-10-14/h11-13H,1-10,18H2. The first-order chi connectivity index (χ1) is 9.50. The Labute approximate surface area is 119 Å². The van der Waals surface area contributed by atoms with Gasteiger partial charge in [0.2, 0.25) is 5.92 Å². The van der Waals surface area contributed by atoms with Gasteiger partial charge in [0.25, 0.3) is 0 Å². The smallest absolute Gasteiger partial charge is 0.248 e.